The van der Waals surface area contributed by atoms with Gasteiger partial charge in [-0.3, -0.25) is 19.7 Å². The first-order valence-electron chi connectivity index (χ1n) is 9.11. The molecular weight excluding hydrogens is 426 g/mol. The van der Waals surface area contributed by atoms with Gasteiger partial charge in [-0.05, 0) is 29.5 Å². The van der Waals surface area contributed by atoms with Gasteiger partial charge in [0.1, 0.15) is 12.0 Å². The van der Waals surface area contributed by atoms with Crippen molar-refractivity contribution in [2.24, 2.45) is 5.73 Å². The van der Waals surface area contributed by atoms with Gasteiger partial charge in [-0.2, -0.15) is 0 Å². The number of fused-ring (bicyclic) bond motifs is 1. The Morgan fingerprint density at radius 3 is 2.57 bits per heavy atom. The zero-order valence-corrected chi connectivity index (χ0v) is 17.7. The quantitative estimate of drug-likeness (QED) is 0.237. The van der Waals surface area contributed by atoms with E-state index in [2.05, 4.69) is 0 Å². The smallest absolute Gasteiger partial charge is 0.329 e. The van der Waals surface area contributed by atoms with Gasteiger partial charge in [-0.1, -0.05) is 30.3 Å². The van der Waals surface area contributed by atoms with Crippen molar-refractivity contribution in [3.05, 3.63) is 75.8 Å². The van der Waals surface area contributed by atoms with Gasteiger partial charge >= 0.3 is 5.97 Å². The van der Waals surface area contributed by atoms with Crippen LogP contribution in [0.5, 0.6) is 0 Å². The molecule has 0 aliphatic carbocycles. The standard InChI is InChI=1S/C20H19N3O5S2/c1-29-20(21)16(24)22-12-19(30-17(20)22,14-5-3-2-4-6-14)18(25)28-11-13-7-9-15(10-8-13)23(26)27/h2-10,17H,11-12,21H2,1H3/t17-,19+,20?/m1/s1. The second-order valence-corrected chi connectivity index (χ2v) is 9.56. The number of nitro benzene ring substituents is 1. The van der Waals surface area contributed by atoms with Crippen molar-refractivity contribution in [2.75, 3.05) is 12.8 Å². The van der Waals surface area contributed by atoms with Crippen LogP contribution in [-0.4, -0.2) is 44.7 Å². The molecule has 1 amide bonds. The number of ether oxygens (including phenoxy) is 1. The summed E-state index contributed by atoms with van der Waals surface area (Å²) in [6.45, 7) is 0.157. The molecule has 3 atom stereocenters. The molecule has 8 nitrogen and oxygen atoms in total. The summed E-state index contributed by atoms with van der Waals surface area (Å²) in [7, 11) is 0. The van der Waals surface area contributed by atoms with Crippen molar-refractivity contribution in [3.63, 3.8) is 0 Å². The summed E-state index contributed by atoms with van der Waals surface area (Å²) in [5, 5.41) is 10.5. The number of esters is 1. The first-order valence-corrected chi connectivity index (χ1v) is 11.2. The number of nitrogens with two attached hydrogens (primary N) is 1. The van der Waals surface area contributed by atoms with Crippen LogP contribution < -0.4 is 5.73 Å². The SMILES string of the molecule is CSC1(N)C(=O)N2C[C@@](C(=O)OCc3ccc([N+](=O)[O-])cc3)(c3ccccc3)S[C@@H]21. The summed E-state index contributed by atoms with van der Waals surface area (Å²) < 4.78 is 4.53. The van der Waals surface area contributed by atoms with Crippen LogP contribution in [0.25, 0.3) is 0 Å². The Hall–Kier alpha value is -2.56. The Labute approximate surface area is 181 Å². The van der Waals surface area contributed by atoms with E-state index in [1.807, 2.05) is 30.3 Å². The van der Waals surface area contributed by atoms with Crippen LogP contribution in [0.4, 0.5) is 5.69 Å². The number of hydrogen-bond acceptors (Lipinski definition) is 8. The van der Waals surface area contributed by atoms with E-state index < -0.39 is 20.5 Å². The molecule has 2 N–H and O–H groups in total. The Balaban J connectivity index is 1.58. The molecule has 2 aromatic carbocycles. The fourth-order valence-corrected chi connectivity index (χ4v) is 6.29. The van der Waals surface area contributed by atoms with Gasteiger partial charge in [0.15, 0.2) is 9.62 Å². The Bertz CT molecular complexity index is 1000. The van der Waals surface area contributed by atoms with Gasteiger partial charge in [0.25, 0.3) is 11.6 Å². The molecule has 156 valence electrons. The Morgan fingerprint density at radius 2 is 1.97 bits per heavy atom. The highest BCUT2D eigenvalue weighted by atomic mass is 32.2. The minimum atomic E-state index is -1.08. The third kappa shape index (κ3) is 3.15. The number of nitrogens with zero attached hydrogens (tertiary/aromatic N) is 2. The van der Waals surface area contributed by atoms with Crippen LogP contribution in [0, 0.1) is 10.1 Å². The van der Waals surface area contributed by atoms with E-state index in [-0.39, 0.29) is 30.1 Å². The number of nitro groups is 1. The van der Waals surface area contributed by atoms with Crippen LogP contribution in [0.2, 0.25) is 0 Å². The summed E-state index contributed by atoms with van der Waals surface area (Å²) in [5.74, 6) is -0.656. The van der Waals surface area contributed by atoms with Crippen molar-refractivity contribution in [2.45, 2.75) is 21.6 Å². The summed E-state index contributed by atoms with van der Waals surface area (Å²) in [6.07, 6.45) is 1.78. The van der Waals surface area contributed by atoms with E-state index in [4.69, 9.17) is 10.5 Å². The molecule has 2 fully saturated rings. The van der Waals surface area contributed by atoms with E-state index >= 15 is 0 Å². The molecule has 4 rings (SSSR count). The van der Waals surface area contributed by atoms with Gasteiger partial charge in [0.05, 0.1) is 11.5 Å². The lowest BCUT2D eigenvalue weighted by molar-refractivity contribution is -0.384. The number of amides is 1. The zero-order valence-electron chi connectivity index (χ0n) is 16.0. The normalized spacial score (nSPS) is 27.3. The highest BCUT2D eigenvalue weighted by Crippen LogP contribution is 2.57. The topological polar surface area (TPSA) is 116 Å². The average molecular weight is 446 g/mol. The molecule has 2 saturated heterocycles. The van der Waals surface area contributed by atoms with Gasteiger partial charge in [0.2, 0.25) is 0 Å². The molecule has 0 saturated carbocycles. The van der Waals surface area contributed by atoms with Gasteiger partial charge in [-0.15, -0.1) is 23.5 Å². The predicted molar refractivity (Wildman–Crippen MR) is 115 cm³/mol. The van der Waals surface area contributed by atoms with E-state index in [0.717, 1.165) is 5.56 Å². The Morgan fingerprint density at radius 1 is 1.30 bits per heavy atom. The van der Waals surface area contributed by atoms with Gasteiger partial charge in [-0.25, -0.2) is 0 Å². The molecule has 0 spiro atoms. The first kappa shape index (κ1) is 20.7. The molecule has 2 aliphatic rings. The molecule has 0 aromatic heterocycles. The minimum absolute atomic E-state index is 0.0269. The number of carbonyl (C=O) groups excluding carboxylic acids is 2. The van der Waals surface area contributed by atoms with Crippen molar-refractivity contribution in [1.29, 1.82) is 0 Å². The lowest BCUT2D eigenvalue weighted by Crippen LogP contribution is -2.73. The molecule has 1 unspecified atom stereocenters. The van der Waals surface area contributed by atoms with Crippen LogP contribution in [0.3, 0.4) is 0 Å². The number of rotatable bonds is 6. The molecule has 2 aromatic rings. The lowest BCUT2D eigenvalue weighted by Gasteiger charge is -2.48. The fourth-order valence-electron chi connectivity index (χ4n) is 3.64. The molecule has 2 heterocycles. The maximum absolute atomic E-state index is 13.3. The van der Waals surface area contributed by atoms with Crippen LogP contribution in [0.15, 0.2) is 54.6 Å². The second-order valence-electron chi connectivity index (χ2n) is 7.09. The summed E-state index contributed by atoms with van der Waals surface area (Å²) in [6, 6.07) is 15.1. The van der Waals surface area contributed by atoms with Crippen molar-refractivity contribution in [3.8, 4) is 0 Å². The van der Waals surface area contributed by atoms with Crippen LogP contribution >= 0.6 is 23.5 Å². The number of hydrogen-bond donors (Lipinski definition) is 1. The number of benzene rings is 2. The monoisotopic (exact) mass is 445 g/mol. The van der Waals surface area contributed by atoms with E-state index in [0.29, 0.717) is 5.56 Å². The fraction of sp³-hybridized carbons (Fsp3) is 0.300. The van der Waals surface area contributed by atoms with E-state index in [1.165, 1.54) is 35.7 Å². The number of carbonyl (C=O) groups is 2. The van der Waals surface area contributed by atoms with Crippen LogP contribution in [-0.2, 0) is 25.7 Å². The summed E-state index contributed by atoms with van der Waals surface area (Å²) in [4.78, 5) is 36.7. The van der Waals surface area contributed by atoms with E-state index in [9.17, 15) is 19.7 Å². The molecular formula is C20H19N3O5S2. The van der Waals surface area contributed by atoms with E-state index in [1.54, 1.807) is 23.3 Å². The molecule has 30 heavy (non-hydrogen) atoms. The number of non-ortho nitro benzene ring substituents is 1. The van der Waals surface area contributed by atoms with Crippen molar-refractivity contribution in [1.82, 2.24) is 4.90 Å². The lowest BCUT2D eigenvalue weighted by atomic mass is 9.95. The Kier molecular flexibility index (Phi) is 5.25. The molecule has 10 heteroatoms. The maximum Gasteiger partial charge on any atom is 0.329 e. The average Bonchev–Trinajstić information content (AvgIpc) is 3.17. The van der Waals surface area contributed by atoms with Gasteiger partial charge < -0.3 is 15.4 Å². The first-order chi connectivity index (χ1) is 14.3. The second kappa shape index (κ2) is 7.60. The maximum atomic E-state index is 13.3. The largest absolute Gasteiger partial charge is 0.459 e. The van der Waals surface area contributed by atoms with Crippen molar-refractivity contribution >= 4 is 41.1 Å². The highest BCUT2D eigenvalue weighted by molar-refractivity contribution is 8.05. The van der Waals surface area contributed by atoms with Crippen molar-refractivity contribution < 1.29 is 19.2 Å². The predicted octanol–water partition coefficient (Wildman–Crippen LogP) is 2.47. The zero-order chi connectivity index (χ0) is 21.5. The summed E-state index contributed by atoms with van der Waals surface area (Å²) in [5.41, 5.74) is 7.63. The van der Waals surface area contributed by atoms with Crippen LogP contribution in [0.1, 0.15) is 11.1 Å². The molecule has 0 radical (unpaired) electrons. The third-order valence-corrected chi connectivity index (χ3v) is 8.38. The molecule has 2 aliphatic heterocycles. The highest BCUT2D eigenvalue weighted by Gasteiger charge is 2.68. The number of β-lactam (4-membered cyclic amide) rings is 1. The molecule has 0 bridgehead atoms. The summed E-state index contributed by atoms with van der Waals surface area (Å²) >= 11 is 2.62. The third-order valence-electron chi connectivity index (χ3n) is 5.38. The minimum Gasteiger partial charge on any atom is -0.459 e. The van der Waals surface area contributed by atoms with Gasteiger partial charge in [0, 0.05) is 12.1 Å². The number of thioether (sulfide) groups is 2.